The molecule has 1 aromatic carbocycles. The van der Waals surface area contributed by atoms with Gasteiger partial charge in [-0.15, -0.1) is 0 Å². The van der Waals surface area contributed by atoms with E-state index in [-0.39, 0.29) is 17.9 Å². The van der Waals surface area contributed by atoms with E-state index >= 15 is 0 Å². The molecule has 0 unspecified atom stereocenters. The summed E-state index contributed by atoms with van der Waals surface area (Å²) in [6.45, 7) is 7.07. The van der Waals surface area contributed by atoms with Crippen molar-refractivity contribution in [1.29, 1.82) is 0 Å². The van der Waals surface area contributed by atoms with Crippen molar-refractivity contribution in [1.82, 2.24) is 9.78 Å². The van der Waals surface area contributed by atoms with Crippen LogP contribution in [0.25, 0.3) is 0 Å². The van der Waals surface area contributed by atoms with Gasteiger partial charge < -0.3 is 11.1 Å². The van der Waals surface area contributed by atoms with E-state index in [9.17, 15) is 4.79 Å². The van der Waals surface area contributed by atoms with Crippen LogP contribution < -0.4 is 11.1 Å². The predicted molar refractivity (Wildman–Crippen MR) is 83.9 cm³/mol. The van der Waals surface area contributed by atoms with Gasteiger partial charge in [0, 0.05) is 24.0 Å². The van der Waals surface area contributed by atoms with Crippen LogP contribution in [0.2, 0.25) is 0 Å². The Labute approximate surface area is 125 Å². The number of nitrogens with zero attached hydrogens (tertiary/aromatic N) is 2. The number of nitrogens with two attached hydrogens (primary N) is 1. The van der Waals surface area contributed by atoms with E-state index in [1.165, 1.54) is 0 Å². The highest BCUT2D eigenvalue weighted by Gasteiger charge is 2.13. The molecule has 0 saturated heterocycles. The number of benzene rings is 1. The van der Waals surface area contributed by atoms with E-state index in [1.807, 2.05) is 35.1 Å². The van der Waals surface area contributed by atoms with E-state index < -0.39 is 0 Å². The number of nitrogens with one attached hydrogen (secondary N) is 1. The van der Waals surface area contributed by atoms with Crippen molar-refractivity contribution < 1.29 is 4.79 Å². The molecule has 1 aromatic heterocycles. The summed E-state index contributed by atoms with van der Waals surface area (Å²) in [4.78, 5) is 10.8. The highest BCUT2D eigenvalue weighted by molar-refractivity contribution is 5.76. The second-order valence-corrected chi connectivity index (χ2v) is 6.16. The summed E-state index contributed by atoms with van der Waals surface area (Å²) in [5.74, 6) is -0.315. The first-order valence-corrected chi connectivity index (χ1v) is 7.00. The minimum atomic E-state index is -0.315. The minimum Gasteiger partial charge on any atom is -0.381 e. The third kappa shape index (κ3) is 4.34. The number of carbonyl (C=O) groups is 1. The van der Waals surface area contributed by atoms with Crippen LogP contribution in [0.5, 0.6) is 0 Å². The van der Waals surface area contributed by atoms with Gasteiger partial charge in [-0.05, 0) is 38.5 Å². The zero-order valence-corrected chi connectivity index (χ0v) is 12.8. The molecule has 0 saturated carbocycles. The molecule has 0 radical (unpaired) electrons. The van der Waals surface area contributed by atoms with Gasteiger partial charge in [0.1, 0.15) is 0 Å². The van der Waals surface area contributed by atoms with E-state index in [1.54, 1.807) is 0 Å². The van der Waals surface area contributed by atoms with Crippen LogP contribution in [0, 0.1) is 0 Å². The summed E-state index contributed by atoms with van der Waals surface area (Å²) < 4.78 is 1.96. The standard InChI is InChI=1S/C16H22N4O/c1-16(2,3)20-11-13(10-19-20)9-18-14-6-4-12(5-7-14)8-15(17)21/h4-7,10-11,18H,8-9H2,1-3H3,(H2,17,21). The Morgan fingerprint density at radius 3 is 2.43 bits per heavy atom. The van der Waals surface area contributed by atoms with Crippen LogP contribution in [0.4, 0.5) is 5.69 Å². The molecular formula is C16H22N4O. The highest BCUT2D eigenvalue weighted by atomic mass is 16.1. The normalized spacial score (nSPS) is 11.4. The van der Waals surface area contributed by atoms with Crippen LogP contribution in [0.1, 0.15) is 31.9 Å². The Hall–Kier alpha value is -2.30. The highest BCUT2D eigenvalue weighted by Crippen LogP contribution is 2.15. The van der Waals surface area contributed by atoms with Gasteiger partial charge >= 0.3 is 0 Å². The molecule has 1 amide bonds. The first-order valence-electron chi connectivity index (χ1n) is 7.00. The number of aromatic nitrogens is 2. The van der Waals surface area contributed by atoms with Crippen molar-refractivity contribution in [3.05, 3.63) is 47.8 Å². The number of primary amides is 1. The smallest absolute Gasteiger partial charge is 0.221 e. The average molecular weight is 286 g/mol. The Morgan fingerprint density at radius 2 is 1.90 bits per heavy atom. The molecule has 21 heavy (non-hydrogen) atoms. The van der Waals surface area contributed by atoms with Crippen molar-refractivity contribution >= 4 is 11.6 Å². The van der Waals surface area contributed by atoms with E-state index in [4.69, 9.17) is 5.73 Å². The fourth-order valence-corrected chi connectivity index (χ4v) is 1.96. The zero-order chi connectivity index (χ0) is 15.5. The van der Waals surface area contributed by atoms with Crippen molar-refractivity contribution in [2.45, 2.75) is 39.3 Å². The maximum Gasteiger partial charge on any atom is 0.221 e. The van der Waals surface area contributed by atoms with Gasteiger partial charge in [0.05, 0.1) is 18.2 Å². The van der Waals surface area contributed by atoms with Gasteiger partial charge in [-0.3, -0.25) is 9.48 Å². The van der Waals surface area contributed by atoms with E-state index in [2.05, 4.69) is 37.4 Å². The predicted octanol–water partition coefficient (Wildman–Crippen LogP) is 2.28. The zero-order valence-electron chi connectivity index (χ0n) is 12.8. The molecule has 0 aliphatic carbocycles. The summed E-state index contributed by atoms with van der Waals surface area (Å²) in [7, 11) is 0. The van der Waals surface area contributed by atoms with E-state index in [0.29, 0.717) is 6.54 Å². The summed E-state index contributed by atoms with van der Waals surface area (Å²) in [6, 6.07) is 7.72. The number of carbonyl (C=O) groups excluding carboxylic acids is 1. The SMILES string of the molecule is CC(C)(C)n1cc(CNc2ccc(CC(N)=O)cc2)cn1. The minimum absolute atomic E-state index is 0.00530. The second-order valence-electron chi connectivity index (χ2n) is 6.16. The number of anilines is 1. The number of amides is 1. The lowest BCUT2D eigenvalue weighted by Crippen LogP contribution is -2.21. The van der Waals surface area contributed by atoms with Crippen molar-refractivity contribution in [3.63, 3.8) is 0 Å². The molecular weight excluding hydrogens is 264 g/mol. The molecule has 0 atom stereocenters. The molecule has 0 fully saturated rings. The first-order chi connectivity index (χ1) is 9.84. The lowest BCUT2D eigenvalue weighted by Gasteiger charge is -2.18. The van der Waals surface area contributed by atoms with Crippen LogP contribution in [-0.2, 0) is 23.3 Å². The van der Waals surface area contributed by atoms with Crippen LogP contribution in [0.3, 0.4) is 0 Å². The molecule has 0 bridgehead atoms. The maximum atomic E-state index is 10.8. The molecule has 3 N–H and O–H groups in total. The van der Waals surface area contributed by atoms with Gasteiger partial charge in [0.15, 0.2) is 0 Å². The lowest BCUT2D eigenvalue weighted by atomic mass is 10.1. The van der Waals surface area contributed by atoms with Crippen molar-refractivity contribution in [3.8, 4) is 0 Å². The number of rotatable bonds is 5. The molecule has 2 aromatic rings. The molecule has 112 valence electrons. The maximum absolute atomic E-state index is 10.8. The molecule has 1 heterocycles. The first kappa shape index (κ1) is 15.1. The lowest BCUT2D eigenvalue weighted by molar-refractivity contribution is -0.117. The Balaban J connectivity index is 1.94. The van der Waals surface area contributed by atoms with E-state index in [0.717, 1.165) is 16.8 Å². The third-order valence-electron chi connectivity index (χ3n) is 3.15. The summed E-state index contributed by atoms with van der Waals surface area (Å²) >= 11 is 0. The monoisotopic (exact) mass is 286 g/mol. The molecule has 5 heteroatoms. The topological polar surface area (TPSA) is 72.9 Å². The second kappa shape index (κ2) is 5.99. The largest absolute Gasteiger partial charge is 0.381 e. The van der Waals surface area contributed by atoms with Crippen molar-refractivity contribution in [2.24, 2.45) is 5.73 Å². The van der Waals surface area contributed by atoms with Gasteiger partial charge in [-0.25, -0.2) is 0 Å². The van der Waals surface area contributed by atoms with Crippen LogP contribution in [0.15, 0.2) is 36.7 Å². The molecule has 5 nitrogen and oxygen atoms in total. The Kier molecular flexibility index (Phi) is 4.31. The fraction of sp³-hybridized carbons (Fsp3) is 0.375. The molecule has 0 aliphatic rings. The van der Waals surface area contributed by atoms with Gasteiger partial charge in [0.25, 0.3) is 0 Å². The van der Waals surface area contributed by atoms with Gasteiger partial charge in [0.2, 0.25) is 5.91 Å². The summed E-state index contributed by atoms with van der Waals surface area (Å²) in [5.41, 5.74) is 8.23. The quantitative estimate of drug-likeness (QED) is 0.885. The van der Waals surface area contributed by atoms with Gasteiger partial charge in [-0.2, -0.15) is 5.10 Å². The summed E-state index contributed by atoms with van der Waals surface area (Å²) in [5, 5.41) is 7.71. The Morgan fingerprint density at radius 1 is 1.24 bits per heavy atom. The van der Waals surface area contributed by atoms with Crippen LogP contribution >= 0.6 is 0 Å². The number of hydrogen-bond donors (Lipinski definition) is 2. The number of hydrogen-bond acceptors (Lipinski definition) is 3. The molecule has 0 aliphatic heterocycles. The van der Waals surface area contributed by atoms with Gasteiger partial charge in [-0.1, -0.05) is 12.1 Å². The molecule has 2 rings (SSSR count). The molecule has 0 spiro atoms. The Bertz CT molecular complexity index is 608. The van der Waals surface area contributed by atoms with Crippen molar-refractivity contribution in [2.75, 3.05) is 5.32 Å². The average Bonchev–Trinajstić information content (AvgIpc) is 2.86. The third-order valence-corrected chi connectivity index (χ3v) is 3.15. The summed E-state index contributed by atoms with van der Waals surface area (Å²) in [6.07, 6.45) is 4.20. The fourth-order valence-electron chi connectivity index (χ4n) is 1.96. The van der Waals surface area contributed by atoms with Crippen LogP contribution in [-0.4, -0.2) is 15.7 Å².